The molecule has 0 atom stereocenters. The summed E-state index contributed by atoms with van der Waals surface area (Å²) in [4.78, 5) is 0. The van der Waals surface area contributed by atoms with Crippen molar-refractivity contribution in [2.24, 2.45) is 0 Å². The van der Waals surface area contributed by atoms with Gasteiger partial charge in [-0.3, -0.25) is 0 Å². The van der Waals surface area contributed by atoms with Crippen molar-refractivity contribution in [3.05, 3.63) is 6.92 Å². The molecular formula is C3H13OSi3. The third kappa shape index (κ3) is 6.61. The number of hydrogen-bond donors (Lipinski definition) is 0. The summed E-state index contributed by atoms with van der Waals surface area (Å²) in [5.74, 6) is 0. The first-order valence-electron chi connectivity index (χ1n) is 2.70. The summed E-state index contributed by atoms with van der Waals surface area (Å²) >= 11 is 0. The van der Waals surface area contributed by atoms with E-state index in [1.165, 1.54) is 6.04 Å². The van der Waals surface area contributed by atoms with Crippen molar-refractivity contribution >= 4 is 28.8 Å². The van der Waals surface area contributed by atoms with Crippen molar-refractivity contribution in [2.75, 3.05) is 0 Å². The Morgan fingerprint density at radius 3 is 2.86 bits per heavy atom. The normalized spacial score (nSPS) is 13.3. The molecule has 1 radical (unpaired) electrons. The predicted molar refractivity (Wildman–Crippen MR) is 42.9 cm³/mol. The number of rotatable bonds is 4. The van der Waals surface area contributed by atoms with Crippen molar-refractivity contribution in [1.82, 2.24) is 0 Å². The molecule has 0 saturated carbocycles. The Balaban J connectivity index is 2.45. The van der Waals surface area contributed by atoms with E-state index in [1.54, 1.807) is 0 Å². The van der Waals surface area contributed by atoms with Gasteiger partial charge in [0.1, 0.15) is 19.8 Å². The molecule has 0 N–H and O–H groups in total. The Bertz CT molecular complexity index is 29.4. The standard InChI is InChI=1S/C3H13OSi3/c1-2-3-6-7-4-5/h1-3,6-7H2,5H3. The average molecular weight is 149 g/mol. The SMILES string of the molecule is [CH2]CC[SiH2][SiH2]O[SiH3]. The molecule has 7 heavy (non-hydrogen) atoms. The van der Waals surface area contributed by atoms with E-state index in [4.69, 9.17) is 4.12 Å². The molecular weight excluding hydrogens is 136 g/mol. The Kier molecular flexibility index (Phi) is 7.19. The van der Waals surface area contributed by atoms with Crippen LogP contribution in [-0.4, -0.2) is 28.8 Å². The van der Waals surface area contributed by atoms with Crippen LogP contribution < -0.4 is 0 Å². The lowest BCUT2D eigenvalue weighted by Gasteiger charge is -1.91. The average Bonchev–Trinajstić information content (AvgIpc) is 1.69. The minimum Gasteiger partial charge on any atom is -0.471 e. The first kappa shape index (κ1) is 7.61. The molecule has 0 bridgehead atoms. The summed E-state index contributed by atoms with van der Waals surface area (Å²) in [6.07, 6.45) is 1.14. The van der Waals surface area contributed by atoms with Crippen LogP contribution in [0.5, 0.6) is 0 Å². The van der Waals surface area contributed by atoms with Gasteiger partial charge in [0, 0.05) is 9.04 Å². The van der Waals surface area contributed by atoms with Gasteiger partial charge in [-0.1, -0.05) is 19.4 Å². The van der Waals surface area contributed by atoms with Crippen LogP contribution in [0, 0.1) is 6.92 Å². The lowest BCUT2D eigenvalue weighted by atomic mass is 10.6. The van der Waals surface area contributed by atoms with E-state index in [-0.39, 0.29) is 9.28 Å². The first-order valence-corrected chi connectivity index (χ1v) is 9.09. The zero-order valence-corrected chi connectivity index (χ0v) is 9.77. The second-order valence-corrected chi connectivity index (χ2v) is 9.03. The molecule has 0 saturated heterocycles. The summed E-state index contributed by atoms with van der Waals surface area (Å²) < 4.78 is 5.16. The fourth-order valence-corrected chi connectivity index (χ4v) is 6.41. The van der Waals surface area contributed by atoms with E-state index >= 15 is 0 Å². The second kappa shape index (κ2) is 6.61. The van der Waals surface area contributed by atoms with Gasteiger partial charge < -0.3 is 4.12 Å². The zero-order chi connectivity index (χ0) is 5.54. The van der Waals surface area contributed by atoms with Crippen molar-refractivity contribution in [3.8, 4) is 0 Å². The topological polar surface area (TPSA) is 9.23 Å². The molecule has 0 amide bonds. The predicted octanol–water partition coefficient (Wildman–Crippen LogP) is -1.91. The lowest BCUT2D eigenvalue weighted by Crippen LogP contribution is -2.04. The molecule has 0 aliphatic carbocycles. The van der Waals surface area contributed by atoms with Crippen LogP contribution >= 0.6 is 0 Å². The van der Waals surface area contributed by atoms with Gasteiger partial charge >= 0.3 is 0 Å². The van der Waals surface area contributed by atoms with Crippen molar-refractivity contribution in [2.45, 2.75) is 12.5 Å². The molecule has 1 nitrogen and oxygen atoms in total. The van der Waals surface area contributed by atoms with Crippen LogP contribution in [0.15, 0.2) is 0 Å². The Hall–Kier alpha value is 0.611. The summed E-state index contributed by atoms with van der Waals surface area (Å²) in [7, 11) is 1.35. The van der Waals surface area contributed by atoms with Crippen LogP contribution in [-0.2, 0) is 4.12 Å². The third-order valence-corrected chi connectivity index (χ3v) is 9.81. The van der Waals surface area contributed by atoms with Gasteiger partial charge in [0.05, 0.1) is 0 Å². The summed E-state index contributed by atoms with van der Waals surface area (Å²) in [6.45, 7) is 3.77. The van der Waals surface area contributed by atoms with Crippen LogP contribution in [0.1, 0.15) is 6.42 Å². The molecule has 0 fully saturated rings. The molecule has 0 unspecified atom stereocenters. The highest BCUT2D eigenvalue weighted by Gasteiger charge is 1.82. The molecule has 0 heterocycles. The maximum Gasteiger partial charge on any atom is 0.129 e. The quantitative estimate of drug-likeness (QED) is 0.335. The van der Waals surface area contributed by atoms with E-state index < -0.39 is 0 Å². The fourth-order valence-electron chi connectivity index (χ4n) is 0.423. The molecule has 0 rings (SSSR count). The minimum absolute atomic E-state index is 0.0713. The molecule has 0 aliphatic heterocycles. The third-order valence-electron chi connectivity index (χ3n) is 0.848. The van der Waals surface area contributed by atoms with E-state index in [2.05, 4.69) is 6.92 Å². The summed E-state index contributed by atoms with van der Waals surface area (Å²) in [5, 5.41) is 0. The largest absolute Gasteiger partial charge is 0.471 e. The van der Waals surface area contributed by atoms with Gasteiger partial charge in [-0.25, -0.2) is 0 Å². The highest BCUT2D eigenvalue weighted by atomic mass is 29.2. The van der Waals surface area contributed by atoms with Crippen LogP contribution in [0.4, 0.5) is 0 Å². The monoisotopic (exact) mass is 149 g/mol. The van der Waals surface area contributed by atoms with E-state index in [1.807, 2.05) is 0 Å². The summed E-state index contributed by atoms with van der Waals surface area (Å²) in [6, 6.07) is 1.41. The highest BCUT2D eigenvalue weighted by molar-refractivity contribution is 6.98. The maximum atomic E-state index is 5.16. The van der Waals surface area contributed by atoms with E-state index in [9.17, 15) is 0 Å². The highest BCUT2D eigenvalue weighted by Crippen LogP contribution is 1.81. The van der Waals surface area contributed by atoms with Gasteiger partial charge in [-0.2, -0.15) is 0 Å². The van der Waals surface area contributed by atoms with Gasteiger partial charge in [0.15, 0.2) is 0 Å². The molecule has 4 heteroatoms. The lowest BCUT2D eigenvalue weighted by molar-refractivity contribution is 0.681. The first-order chi connectivity index (χ1) is 3.41. The van der Waals surface area contributed by atoms with Crippen molar-refractivity contribution in [3.63, 3.8) is 0 Å². The smallest absolute Gasteiger partial charge is 0.129 e. The van der Waals surface area contributed by atoms with Crippen LogP contribution in [0.25, 0.3) is 0 Å². The van der Waals surface area contributed by atoms with Gasteiger partial charge in [0.25, 0.3) is 0 Å². The molecule has 0 aromatic rings. The molecule has 43 valence electrons. The zero-order valence-electron chi connectivity index (χ0n) is 4.94. The fraction of sp³-hybridized carbons (Fsp3) is 0.667. The van der Waals surface area contributed by atoms with Crippen LogP contribution in [0.3, 0.4) is 0 Å². The van der Waals surface area contributed by atoms with Crippen molar-refractivity contribution in [1.29, 1.82) is 0 Å². The van der Waals surface area contributed by atoms with Gasteiger partial charge in [0.2, 0.25) is 0 Å². The Labute approximate surface area is 52.9 Å². The summed E-state index contributed by atoms with van der Waals surface area (Å²) in [5.41, 5.74) is 0. The van der Waals surface area contributed by atoms with Crippen molar-refractivity contribution < 1.29 is 4.12 Å². The molecule has 0 aromatic carbocycles. The van der Waals surface area contributed by atoms with E-state index in [0.717, 1.165) is 16.9 Å². The maximum absolute atomic E-state index is 5.16. The molecule has 0 spiro atoms. The number of hydrogen-bond acceptors (Lipinski definition) is 1. The minimum atomic E-state index is 0.0713. The van der Waals surface area contributed by atoms with Gasteiger partial charge in [-0.05, 0) is 0 Å². The second-order valence-electron chi connectivity index (χ2n) is 1.55. The van der Waals surface area contributed by atoms with Crippen LogP contribution in [0.2, 0.25) is 6.04 Å². The van der Waals surface area contributed by atoms with E-state index in [0.29, 0.717) is 9.04 Å². The van der Waals surface area contributed by atoms with Gasteiger partial charge in [-0.15, -0.1) is 0 Å². The Morgan fingerprint density at radius 1 is 1.71 bits per heavy atom. The Morgan fingerprint density at radius 2 is 2.43 bits per heavy atom. The molecule has 0 aliphatic rings. The molecule has 0 aromatic heterocycles.